The first kappa shape index (κ1) is 18.0. The van der Waals surface area contributed by atoms with Gasteiger partial charge in [-0.15, -0.1) is 0 Å². The van der Waals surface area contributed by atoms with Gasteiger partial charge in [-0.05, 0) is 51.3 Å². The maximum absolute atomic E-state index is 13.3. The Bertz CT molecular complexity index is 599. The number of rotatable bonds is 2. The van der Waals surface area contributed by atoms with Gasteiger partial charge in [0.1, 0.15) is 6.10 Å². The Morgan fingerprint density at radius 1 is 1.04 bits per heavy atom. The van der Waals surface area contributed by atoms with E-state index < -0.39 is 0 Å². The zero-order valence-electron chi connectivity index (χ0n) is 16.0. The van der Waals surface area contributed by atoms with Crippen LogP contribution in [0.5, 0.6) is 0 Å². The summed E-state index contributed by atoms with van der Waals surface area (Å²) in [5.74, 6) is 0.643. The lowest BCUT2D eigenvalue weighted by atomic mass is 9.87. The summed E-state index contributed by atoms with van der Waals surface area (Å²) < 4.78 is 5.85. The second-order valence-corrected chi connectivity index (χ2v) is 8.25. The summed E-state index contributed by atoms with van der Waals surface area (Å²) in [6.45, 7) is 2.70. The molecule has 26 heavy (non-hydrogen) atoms. The molecule has 1 amide bonds. The predicted octanol–water partition coefficient (Wildman–Crippen LogP) is 3.42. The lowest BCUT2D eigenvalue weighted by Gasteiger charge is -2.38. The van der Waals surface area contributed by atoms with Crippen molar-refractivity contribution in [2.45, 2.75) is 69.1 Å². The molecule has 3 aliphatic heterocycles. The van der Waals surface area contributed by atoms with E-state index in [0.29, 0.717) is 18.0 Å². The zero-order valence-corrected chi connectivity index (χ0v) is 16.0. The Balaban J connectivity index is 1.62. The molecule has 3 saturated heterocycles. The topological polar surface area (TPSA) is 32.8 Å². The largest absolute Gasteiger partial charge is 0.368 e. The number of carbonyl (C=O) groups is 1. The molecule has 0 unspecified atom stereocenters. The van der Waals surface area contributed by atoms with Crippen LogP contribution in [0.15, 0.2) is 30.3 Å². The number of fused-ring (bicyclic) bond motifs is 1. The van der Waals surface area contributed by atoms with Gasteiger partial charge in [0.2, 0.25) is 0 Å². The quantitative estimate of drug-likeness (QED) is 0.814. The van der Waals surface area contributed by atoms with E-state index in [2.05, 4.69) is 47.2 Å². The highest BCUT2D eigenvalue weighted by atomic mass is 16.5. The molecule has 3 fully saturated rings. The van der Waals surface area contributed by atoms with Gasteiger partial charge in [-0.1, -0.05) is 43.2 Å². The molecule has 4 atom stereocenters. The summed E-state index contributed by atoms with van der Waals surface area (Å²) in [7, 11) is 2.25. The third kappa shape index (κ3) is 3.54. The zero-order chi connectivity index (χ0) is 17.9. The van der Waals surface area contributed by atoms with Crippen LogP contribution in [0.25, 0.3) is 0 Å². The molecule has 0 saturated carbocycles. The lowest BCUT2D eigenvalue weighted by molar-refractivity contribution is -0.148. The van der Waals surface area contributed by atoms with Crippen LogP contribution in [0, 0.1) is 0 Å². The van der Waals surface area contributed by atoms with Crippen molar-refractivity contribution in [3.63, 3.8) is 0 Å². The van der Waals surface area contributed by atoms with Crippen LogP contribution in [0.1, 0.15) is 56.4 Å². The number of nitrogens with zero attached hydrogens (tertiary/aromatic N) is 2. The molecule has 0 bridgehead atoms. The van der Waals surface area contributed by atoms with Crippen LogP contribution >= 0.6 is 0 Å². The van der Waals surface area contributed by atoms with Gasteiger partial charge in [0.25, 0.3) is 5.91 Å². The predicted molar refractivity (Wildman–Crippen MR) is 103 cm³/mol. The molecule has 3 heterocycles. The molecule has 4 heteroatoms. The molecule has 4 rings (SSSR count). The Labute approximate surface area is 157 Å². The van der Waals surface area contributed by atoms with Gasteiger partial charge in [-0.3, -0.25) is 4.79 Å². The molecule has 0 aliphatic carbocycles. The number of hydrogen-bond donors (Lipinski definition) is 0. The average Bonchev–Trinajstić information content (AvgIpc) is 3.05. The average molecular weight is 357 g/mol. The Kier molecular flexibility index (Phi) is 5.60. The summed E-state index contributed by atoms with van der Waals surface area (Å²) in [6.07, 6.45) is 7.76. The van der Waals surface area contributed by atoms with E-state index >= 15 is 0 Å². The molecule has 142 valence electrons. The van der Waals surface area contributed by atoms with Crippen molar-refractivity contribution in [2.24, 2.45) is 0 Å². The molecular formula is C22H32N2O2. The number of ether oxygens (including phenoxy) is 1. The van der Waals surface area contributed by atoms with Gasteiger partial charge in [0.15, 0.2) is 0 Å². The van der Waals surface area contributed by atoms with Crippen molar-refractivity contribution < 1.29 is 9.53 Å². The minimum atomic E-state index is -0.213. The highest BCUT2D eigenvalue weighted by molar-refractivity contribution is 5.82. The maximum Gasteiger partial charge on any atom is 0.252 e. The molecule has 0 N–H and O–H groups in total. The summed E-state index contributed by atoms with van der Waals surface area (Å²) >= 11 is 0. The third-order valence-corrected chi connectivity index (χ3v) is 6.59. The van der Waals surface area contributed by atoms with Gasteiger partial charge < -0.3 is 14.5 Å². The van der Waals surface area contributed by atoms with Crippen LogP contribution in [-0.2, 0) is 9.53 Å². The molecule has 0 radical (unpaired) electrons. The highest BCUT2D eigenvalue weighted by Crippen LogP contribution is 2.39. The fraction of sp³-hybridized carbons (Fsp3) is 0.682. The first-order valence-corrected chi connectivity index (χ1v) is 10.4. The third-order valence-electron chi connectivity index (χ3n) is 6.59. The molecule has 3 aliphatic rings. The minimum Gasteiger partial charge on any atom is -0.368 e. The first-order valence-electron chi connectivity index (χ1n) is 10.4. The SMILES string of the molecule is CN1CCCCC[C@@H]2[C@@H]1[C@H](c1ccccc1)CN2C(=O)[C@H]1CCCCO1. The summed E-state index contributed by atoms with van der Waals surface area (Å²) in [5, 5.41) is 0. The smallest absolute Gasteiger partial charge is 0.252 e. The lowest BCUT2D eigenvalue weighted by Crippen LogP contribution is -2.50. The van der Waals surface area contributed by atoms with Crippen LogP contribution < -0.4 is 0 Å². The fourth-order valence-electron chi connectivity index (χ4n) is 5.25. The van der Waals surface area contributed by atoms with E-state index in [1.165, 1.54) is 24.8 Å². The van der Waals surface area contributed by atoms with Crippen molar-refractivity contribution >= 4 is 5.91 Å². The van der Waals surface area contributed by atoms with E-state index in [1.54, 1.807) is 0 Å². The van der Waals surface area contributed by atoms with Gasteiger partial charge in [-0.25, -0.2) is 0 Å². The van der Waals surface area contributed by atoms with Gasteiger partial charge in [-0.2, -0.15) is 0 Å². The minimum absolute atomic E-state index is 0.213. The van der Waals surface area contributed by atoms with Crippen LogP contribution in [0.2, 0.25) is 0 Å². The Hall–Kier alpha value is -1.39. The summed E-state index contributed by atoms with van der Waals surface area (Å²) in [4.78, 5) is 18.0. The van der Waals surface area contributed by atoms with Crippen molar-refractivity contribution in [1.29, 1.82) is 0 Å². The van der Waals surface area contributed by atoms with E-state index in [-0.39, 0.29) is 12.0 Å². The van der Waals surface area contributed by atoms with Crippen LogP contribution in [-0.4, -0.2) is 60.6 Å². The van der Waals surface area contributed by atoms with Crippen molar-refractivity contribution in [1.82, 2.24) is 9.80 Å². The van der Waals surface area contributed by atoms with Gasteiger partial charge in [0.05, 0.1) is 0 Å². The fourth-order valence-corrected chi connectivity index (χ4v) is 5.25. The van der Waals surface area contributed by atoms with Gasteiger partial charge in [0, 0.05) is 31.2 Å². The Morgan fingerprint density at radius 3 is 2.62 bits per heavy atom. The summed E-state index contributed by atoms with van der Waals surface area (Å²) in [5.41, 5.74) is 1.37. The summed E-state index contributed by atoms with van der Waals surface area (Å²) in [6, 6.07) is 11.5. The number of likely N-dealkylation sites (tertiary alicyclic amines) is 2. The van der Waals surface area contributed by atoms with Crippen LogP contribution in [0.3, 0.4) is 0 Å². The first-order chi connectivity index (χ1) is 12.8. The molecule has 1 aromatic carbocycles. The number of benzene rings is 1. The number of hydrogen-bond acceptors (Lipinski definition) is 3. The monoisotopic (exact) mass is 356 g/mol. The number of carbonyl (C=O) groups excluding carboxylic acids is 1. The van der Waals surface area contributed by atoms with Gasteiger partial charge >= 0.3 is 0 Å². The van der Waals surface area contributed by atoms with E-state index in [9.17, 15) is 4.79 Å². The Morgan fingerprint density at radius 2 is 1.85 bits per heavy atom. The normalized spacial score (nSPS) is 33.3. The molecule has 4 nitrogen and oxygen atoms in total. The second-order valence-electron chi connectivity index (χ2n) is 8.25. The molecule has 1 aromatic rings. The molecule has 0 aromatic heterocycles. The number of likely N-dealkylation sites (N-methyl/N-ethyl adjacent to an activating group) is 1. The highest BCUT2D eigenvalue weighted by Gasteiger charge is 2.47. The standard InChI is InChI=1S/C22H32N2O2/c1-23-14-8-3-6-12-19-21(23)18(17-10-4-2-5-11-17)16-24(19)22(25)20-13-7-9-15-26-20/h2,4-5,10-11,18-21H,3,6-9,12-16H2,1H3/t18-,19+,20+,21-/m0/s1. The van der Waals surface area contributed by atoms with E-state index in [4.69, 9.17) is 4.74 Å². The number of amides is 1. The maximum atomic E-state index is 13.3. The van der Waals surface area contributed by atoms with Crippen molar-refractivity contribution in [3.8, 4) is 0 Å². The van der Waals surface area contributed by atoms with E-state index in [0.717, 1.165) is 45.4 Å². The molecular weight excluding hydrogens is 324 g/mol. The molecule has 0 spiro atoms. The second kappa shape index (κ2) is 8.10. The van der Waals surface area contributed by atoms with Crippen molar-refractivity contribution in [3.05, 3.63) is 35.9 Å². The van der Waals surface area contributed by atoms with E-state index in [1.807, 2.05) is 0 Å². The van der Waals surface area contributed by atoms with Crippen molar-refractivity contribution in [2.75, 3.05) is 26.7 Å². The van der Waals surface area contributed by atoms with Crippen LogP contribution in [0.4, 0.5) is 0 Å².